The van der Waals surface area contributed by atoms with E-state index in [9.17, 15) is 14.4 Å². The molecule has 0 spiro atoms. The summed E-state index contributed by atoms with van der Waals surface area (Å²) in [5.74, 6) is -1.24. The minimum absolute atomic E-state index is 0.109. The van der Waals surface area contributed by atoms with Crippen LogP contribution in [0.2, 0.25) is 5.02 Å². The Morgan fingerprint density at radius 2 is 2.12 bits per heavy atom. The van der Waals surface area contributed by atoms with Gasteiger partial charge < -0.3 is 14.6 Å². The van der Waals surface area contributed by atoms with Gasteiger partial charge in [0.15, 0.2) is 18.1 Å². The fourth-order valence-corrected chi connectivity index (χ4v) is 2.48. The fourth-order valence-electron chi connectivity index (χ4n) is 2.21. The van der Waals surface area contributed by atoms with Crippen LogP contribution in [0.5, 0.6) is 11.5 Å². The van der Waals surface area contributed by atoms with Crippen LogP contribution in [-0.4, -0.2) is 24.3 Å². The van der Waals surface area contributed by atoms with E-state index in [1.54, 1.807) is 19.1 Å². The van der Waals surface area contributed by atoms with Gasteiger partial charge in [-0.3, -0.25) is 0 Å². The molecule has 7 heteroatoms. The number of carboxylic acids is 1. The third-order valence-electron chi connectivity index (χ3n) is 3.24. The molecule has 0 aliphatic rings. The first-order chi connectivity index (χ1) is 12.4. The first-order valence-corrected chi connectivity index (χ1v) is 8.01. The molecule has 2 rings (SSSR count). The molecule has 0 aliphatic carbocycles. The van der Waals surface area contributed by atoms with Gasteiger partial charge in [-0.2, -0.15) is 5.26 Å². The van der Waals surface area contributed by atoms with Crippen molar-refractivity contribution < 1.29 is 23.8 Å². The number of benzene rings is 2. The van der Waals surface area contributed by atoms with Crippen molar-refractivity contribution in [1.82, 2.24) is 0 Å². The van der Waals surface area contributed by atoms with Gasteiger partial charge in [0.1, 0.15) is 5.82 Å². The second-order valence-electron chi connectivity index (χ2n) is 5.13. The molecule has 0 aliphatic heterocycles. The van der Waals surface area contributed by atoms with Gasteiger partial charge in [-0.1, -0.05) is 23.7 Å². The topological polar surface area (TPSA) is 79.5 Å². The molecular weight excluding hydrogens is 361 g/mol. The van der Waals surface area contributed by atoms with Crippen molar-refractivity contribution in [1.29, 1.82) is 5.26 Å². The number of rotatable bonds is 7. The molecule has 0 bridgehead atoms. The summed E-state index contributed by atoms with van der Waals surface area (Å²) >= 11 is 6.18. The fraction of sp³-hybridized carbons (Fsp3) is 0.158. The van der Waals surface area contributed by atoms with Gasteiger partial charge in [-0.15, -0.1) is 0 Å². The average molecular weight is 376 g/mol. The van der Waals surface area contributed by atoms with E-state index in [-0.39, 0.29) is 22.1 Å². The minimum atomic E-state index is -1.15. The van der Waals surface area contributed by atoms with Crippen LogP contribution in [0.15, 0.2) is 36.4 Å². The summed E-state index contributed by atoms with van der Waals surface area (Å²) in [7, 11) is 0. The number of nitrogens with zero attached hydrogens (tertiary/aromatic N) is 1. The predicted molar refractivity (Wildman–Crippen MR) is 95.6 cm³/mol. The monoisotopic (exact) mass is 375 g/mol. The minimum Gasteiger partial charge on any atom is -0.490 e. The number of allylic oxidation sites excluding steroid dienone is 1. The average Bonchev–Trinajstić information content (AvgIpc) is 2.59. The second kappa shape index (κ2) is 8.88. The first kappa shape index (κ1) is 19.3. The summed E-state index contributed by atoms with van der Waals surface area (Å²) in [5.41, 5.74) is 1.19. The molecule has 0 atom stereocenters. The Morgan fingerprint density at radius 1 is 1.35 bits per heavy atom. The van der Waals surface area contributed by atoms with Crippen molar-refractivity contribution in [2.45, 2.75) is 6.92 Å². The third kappa shape index (κ3) is 4.98. The standard InChI is InChI=1S/C19H15ClFNO4/c1-2-25-17-8-12(7-16(20)19(17)26-11-18(23)24)6-14(10-22)13-4-3-5-15(21)9-13/h3-9H,2,11H2,1H3,(H,23,24)/b14-6-. The summed E-state index contributed by atoms with van der Waals surface area (Å²) in [6, 6.07) is 10.8. The zero-order valence-electron chi connectivity index (χ0n) is 13.8. The molecule has 0 unspecified atom stereocenters. The van der Waals surface area contributed by atoms with Crippen LogP contribution >= 0.6 is 11.6 Å². The predicted octanol–water partition coefficient (Wildman–Crippen LogP) is 4.41. The van der Waals surface area contributed by atoms with E-state index in [1.807, 2.05) is 6.07 Å². The Morgan fingerprint density at radius 3 is 2.73 bits per heavy atom. The highest BCUT2D eigenvalue weighted by molar-refractivity contribution is 6.32. The van der Waals surface area contributed by atoms with Crippen molar-refractivity contribution in [3.05, 3.63) is 58.4 Å². The van der Waals surface area contributed by atoms with Crippen LogP contribution in [0.3, 0.4) is 0 Å². The molecule has 0 aromatic heterocycles. The molecule has 0 saturated heterocycles. The lowest BCUT2D eigenvalue weighted by molar-refractivity contribution is -0.139. The summed E-state index contributed by atoms with van der Waals surface area (Å²) in [6.07, 6.45) is 1.53. The molecule has 26 heavy (non-hydrogen) atoms. The highest BCUT2D eigenvalue weighted by Gasteiger charge is 2.14. The molecule has 0 heterocycles. The summed E-state index contributed by atoms with van der Waals surface area (Å²) in [4.78, 5) is 10.7. The number of halogens is 2. The van der Waals surface area contributed by atoms with Crippen LogP contribution in [0.1, 0.15) is 18.1 Å². The Balaban J connectivity index is 2.45. The number of ether oxygens (including phenoxy) is 2. The van der Waals surface area contributed by atoms with Gasteiger partial charge in [-0.05, 0) is 48.4 Å². The molecule has 0 radical (unpaired) electrons. The van der Waals surface area contributed by atoms with Crippen molar-refractivity contribution in [2.24, 2.45) is 0 Å². The Kier molecular flexibility index (Phi) is 6.59. The number of aliphatic carboxylic acids is 1. The van der Waals surface area contributed by atoms with Crippen molar-refractivity contribution in [3.63, 3.8) is 0 Å². The van der Waals surface area contributed by atoms with Crippen molar-refractivity contribution in [2.75, 3.05) is 13.2 Å². The smallest absolute Gasteiger partial charge is 0.341 e. The van der Waals surface area contributed by atoms with Crippen molar-refractivity contribution >= 4 is 29.2 Å². The van der Waals surface area contributed by atoms with Crippen LogP contribution < -0.4 is 9.47 Å². The van der Waals surface area contributed by atoms with Gasteiger partial charge in [0.2, 0.25) is 0 Å². The lowest BCUT2D eigenvalue weighted by Gasteiger charge is -2.13. The lowest BCUT2D eigenvalue weighted by Crippen LogP contribution is -2.10. The van der Waals surface area contributed by atoms with Gasteiger partial charge in [0.25, 0.3) is 0 Å². The van der Waals surface area contributed by atoms with Crippen molar-refractivity contribution in [3.8, 4) is 17.6 Å². The second-order valence-corrected chi connectivity index (χ2v) is 5.53. The number of hydrogen-bond acceptors (Lipinski definition) is 4. The highest BCUT2D eigenvalue weighted by Crippen LogP contribution is 2.37. The van der Waals surface area contributed by atoms with Crippen LogP contribution in [0.25, 0.3) is 11.6 Å². The normalized spacial score (nSPS) is 10.9. The van der Waals surface area contributed by atoms with Gasteiger partial charge in [0.05, 0.1) is 23.3 Å². The molecule has 1 N–H and O–H groups in total. The van der Waals surface area contributed by atoms with E-state index < -0.39 is 18.4 Å². The molecular formula is C19H15ClFNO4. The largest absolute Gasteiger partial charge is 0.490 e. The van der Waals surface area contributed by atoms with E-state index in [0.29, 0.717) is 17.7 Å². The maximum atomic E-state index is 13.4. The number of carboxylic acid groups (broad SMARTS) is 1. The molecule has 134 valence electrons. The quantitative estimate of drug-likeness (QED) is 0.573. The summed E-state index contributed by atoms with van der Waals surface area (Å²) < 4.78 is 24.0. The van der Waals surface area contributed by atoms with Gasteiger partial charge in [-0.25, -0.2) is 9.18 Å². The zero-order valence-corrected chi connectivity index (χ0v) is 14.6. The highest BCUT2D eigenvalue weighted by atomic mass is 35.5. The Labute approximate surface area is 154 Å². The SMILES string of the molecule is CCOc1cc(/C=C(/C#N)c2cccc(F)c2)cc(Cl)c1OCC(=O)O. The molecule has 0 amide bonds. The van der Waals surface area contributed by atoms with Crippen LogP contribution in [0.4, 0.5) is 4.39 Å². The van der Waals surface area contributed by atoms with E-state index in [0.717, 1.165) is 0 Å². The number of nitriles is 1. The van der Waals surface area contributed by atoms with Crippen LogP contribution in [0, 0.1) is 17.1 Å². The Bertz CT molecular complexity index is 890. The molecule has 0 fully saturated rings. The maximum absolute atomic E-state index is 13.4. The van der Waals surface area contributed by atoms with Crippen LogP contribution in [-0.2, 0) is 4.79 Å². The van der Waals surface area contributed by atoms with E-state index in [4.69, 9.17) is 26.2 Å². The molecule has 0 saturated carbocycles. The molecule has 2 aromatic rings. The lowest BCUT2D eigenvalue weighted by atomic mass is 10.0. The molecule has 2 aromatic carbocycles. The van der Waals surface area contributed by atoms with E-state index in [2.05, 4.69) is 0 Å². The number of hydrogen-bond donors (Lipinski definition) is 1. The Hall–Kier alpha value is -3.04. The summed E-state index contributed by atoms with van der Waals surface area (Å²) in [5, 5.41) is 18.3. The first-order valence-electron chi connectivity index (χ1n) is 7.63. The maximum Gasteiger partial charge on any atom is 0.341 e. The van der Waals surface area contributed by atoms with Gasteiger partial charge in [0, 0.05) is 0 Å². The van der Waals surface area contributed by atoms with E-state index >= 15 is 0 Å². The van der Waals surface area contributed by atoms with E-state index in [1.165, 1.54) is 30.3 Å². The third-order valence-corrected chi connectivity index (χ3v) is 3.52. The molecule has 5 nitrogen and oxygen atoms in total. The van der Waals surface area contributed by atoms with Gasteiger partial charge >= 0.3 is 5.97 Å². The summed E-state index contributed by atoms with van der Waals surface area (Å²) in [6.45, 7) is 1.49. The number of carbonyl (C=O) groups is 1. The zero-order chi connectivity index (χ0) is 19.1.